The van der Waals surface area contributed by atoms with Gasteiger partial charge in [-0.2, -0.15) is 4.73 Å². The van der Waals surface area contributed by atoms with E-state index in [1.54, 1.807) is 18.3 Å². The van der Waals surface area contributed by atoms with Crippen molar-refractivity contribution in [3.63, 3.8) is 0 Å². The summed E-state index contributed by atoms with van der Waals surface area (Å²) in [4.78, 5) is 6.48. The van der Waals surface area contributed by atoms with Crippen LogP contribution in [0.5, 0.6) is 0 Å². The van der Waals surface area contributed by atoms with E-state index in [2.05, 4.69) is 4.98 Å². The molecule has 0 unspecified atom stereocenters. The van der Waals surface area contributed by atoms with Gasteiger partial charge in [-0.05, 0) is 19.1 Å². The molecule has 0 saturated carbocycles. The summed E-state index contributed by atoms with van der Waals surface area (Å²) in [5.41, 5.74) is 1.43. The summed E-state index contributed by atoms with van der Waals surface area (Å²) in [6.07, 6.45) is 2.95. The highest BCUT2D eigenvalue weighted by Gasteiger charge is 2.11. The lowest BCUT2D eigenvalue weighted by molar-refractivity contribution is -0.612. The largest absolute Gasteiger partial charge is 0.618 e. The minimum atomic E-state index is 0.648. The Kier molecular flexibility index (Phi) is 2.21. The van der Waals surface area contributed by atoms with Crippen molar-refractivity contribution >= 4 is 11.3 Å². The molecule has 0 spiro atoms. The van der Waals surface area contributed by atoms with Gasteiger partial charge in [0.05, 0.1) is 11.1 Å². The molecule has 0 saturated heterocycles. The van der Waals surface area contributed by atoms with E-state index in [1.165, 1.54) is 17.3 Å². The smallest absolute Gasteiger partial charge is 0.216 e. The predicted molar refractivity (Wildman–Crippen MR) is 56.0 cm³/mol. The third kappa shape index (κ3) is 1.48. The second kappa shape index (κ2) is 3.38. The molecule has 2 aromatic rings. The van der Waals surface area contributed by atoms with Crippen LogP contribution in [0, 0.1) is 19.1 Å². The van der Waals surface area contributed by atoms with Crippen LogP contribution >= 0.6 is 11.3 Å². The van der Waals surface area contributed by atoms with Crippen LogP contribution in [0.4, 0.5) is 0 Å². The first-order valence-electron chi connectivity index (χ1n) is 4.30. The van der Waals surface area contributed by atoms with Crippen molar-refractivity contribution in [1.82, 2.24) is 4.98 Å². The molecule has 2 aromatic heterocycles. The van der Waals surface area contributed by atoms with Crippen LogP contribution in [0.2, 0.25) is 0 Å². The van der Waals surface area contributed by atoms with E-state index >= 15 is 0 Å². The maximum atomic E-state index is 11.3. The molecule has 0 aliphatic carbocycles. The van der Waals surface area contributed by atoms with Crippen molar-refractivity contribution in [2.24, 2.45) is 0 Å². The van der Waals surface area contributed by atoms with E-state index in [1.807, 2.05) is 19.1 Å². The number of rotatable bonds is 1. The fourth-order valence-electron chi connectivity index (χ4n) is 1.28. The normalized spacial score (nSPS) is 10.4. The molecule has 14 heavy (non-hydrogen) atoms. The van der Waals surface area contributed by atoms with Crippen LogP contribution in [-0.4, -0.2) is 4.98 Å². The number of hydrogen-bond acceptors (Lipinski definition) is 3. The van der Waals surface area contributed by atoms with Gasteiger partial charge >= 0.3 is 0 Å². The Balaban J connectivity index is 2.57. The monoisotopic (exact) mass is 206 g/mol. The van der Waals surface area contributed by atoms with Gasteiger partial charge in [0.2, 0.25) is 5.69 Å². The fraction of sp³-hybridized carbons (Fsp3) is 0.200. The second-order valence-corrected chi connectivity index (χ2v) is 4.39. The lowest BCUT2D eigenvalue weighted by Gasteiger charge is -2.02. The van der Waals surface area contributed by atoms with Crippen LogP contribution in [0.25, 0.3) is 10.6 Å². The van der Waals surface area contributed by atoms with E-state index in [0.29, 0.717) is 5.69 Å². The highest BCUT2D eigenvalue weighted by Crippen LogP contribution is 2.26. The molecule has 0 amide bonds. The van der Waals surface area contributed by atoms with E-state index in [4.69, 9.17) is 0 Å². The van der Waals surface area contributed by atoms with Gasteiger partial charge < -0.3 is 5.21 Å². The van der Waals surface area contributed by atoms with E-state index in [9.17, 15) is 5.21 Å². The van der Waals surface area contributed by atoms with Gasteiger partial charge in [-0.15, -0.1) is 11.3 Å². The van der Waals surface area contributed by atoms with E-state index < -0.39 is 0 Å². The van der Waals surface area contributed by atoms with Crippen molar-refractivity contribution in [2.45, 2.75) is 13.8 Å². The summed E-state index contributed by atoms with van der Waals surface area (Å²) in [6.45, 7) is 3.82. The van der Waals surface area contributed by atoms with Crippen LogP contribution in [0.1, 0.15) is 10.6 Å². The molecule has 0 aromatic carbocycles. The van der Waals surface area contributed by atoms with Gasteiger partial charge in [0, 0.05) is 11.8 Å². The topological polar surface area (TPSA) is 39.8 Å². The Bertz CT molecular complexity index is 465. The molecule has 2 rings (SSSR count). The molecule has 72 valence electrons. The minimum absolute atomic E-state index is 0.648. The van der Waals surface area contributed by atoms with E-state index in [0.717, 1.165) is 15.3 Å². The Morgan fingerprint density at radius 3 is 2.79 bits per heavy atom. The SMILES string of the molecule is Cc1ccc(-c2ncc[n+]([O-])c2C)s1. The Labute approximate surface area is 86.3 Å². The third-order valence-electron chi connectivity index (χ3n) is 2.05. The molecule has 0 aliphatic rings. The summed E-state index contributed by atoms with van der Waals surface area (Å²) >= 11 is 1.65. The average molecular weight is 206 g/mol. The van der Waals surface area contributed by atoms with Gasteiger partial charge in [-0.1, -0.05) is 0 Å². The summed E-state index contributed by atoms with van der Waals surface area (Å²) in [5, 5.41) is 11.3. The van der Waals surface area contributed by atoms with Crippen molar-refractivity contribution in [3.05, 3.63) is 40.3 Å². The van der Waals surface area contributed by atoms with Crippen molar-refractivity contribution in [3.8, 4) is 10.6 Å². The number of thiophene rings is 1. The number of nitrogens with zero attached hydrogens (tertiary/aromatic N) is 2. The zero-order chi connectivity index (χ0) is 10.1. The van der Waals surface area contributed by atoms with Crippen molar-refractivity contribution in [2.75, 3.05) is 0 Å². The highest BCUT2D eigenvalue weighted by atomic mass is 32.1. The lowest BCUT2D eigenvalue weighted by atomic mass is 10.3. The summed E-state index contributed by atoms with van der Waals surface area (Å²) in [7, 11) is 0. The van der Waals surface area contributed by atoms with Gasteiger partial charge in [0.15, 0.2) is 6.20 Å². The molecule has 0 aliphatic heterocycles. The van der Waals surface area contributed by atoms with Gasteiger partial charge in [-0.25, -0.2) is 4.98 Å². The molecule has 4 heteroatoms. The predicted octanol–water partition coefficient (Wildman–Crippen LogP) is 2.06. The standard InChI is InChI=1S/C10H10N2OS/c1-7-3-4-9(14-7)10-8(2)12(13)6-5-11-10/h3-6H,1-2H3. The molecule has 0 atom stereocenters. The van der Waals surface area contributed by atoms with Gasteiger partial charge in [-0.3, -0.25) is 0 Å². The van der Waals surface area contributed by atoms with Crippen LogP contribution in [0.3, 0.4) is 0 Å². The molecule has 3 nitrogen and oxygen atoms in total. The third-order valence-corrected chi connectivity index (χ3v) is 3.06. The second-order valence-electron chi connectivity index (χ2n) is 3.10. The van der Waals surface area contributed by atoms with Crippen LogP contribution in [0.15, 0.2) is 24.5 Å². The van der Waals surface area contributed by atoms with Crippen LogP contribution in [-0.2, 0) is 0 Å². The maximum Gasteiger partial charge on any atom is 0.216 e. The highest BCUT2D eigenvalue weighted by molar-refractivity contribution is 7.15. The fourth-order valence-corrected chi connectivity index (χ4v) is 2.20. The zero-order valence-corrected chi connectivity index (χ0v) is 8.84. The summed E-state index contributed by atoms with van der Waals surface area (Å²) < 4.78 is 0.845. The quantitative estimate of drug-likeness (QED) is 0.529. The zero-order valence-electron chi connectivity index (χ0n) is 8.02. The molecule has 0 N–H and O–H groups in total. The Morgan fingerprint density at radius 2 is 2.14 bits per heavy atom. The van der Waals surface area contributed by atoms with Crippen LogP contribution < -0.4 is 4.73 Å². The first-order chi connectivity index (χ1) is 6.68. The Hall–Kier alpha value is -1.42. The first kappa shape index (κ1) is 9.15. The number of aryl methyl sites for hydroxylation is 1. The summed E-state index contributed by atoms with van der Waals surface area (Å²) in [6, 6.07) is 4.03. The minimum Gasteiger partial charge on any atom is -0.618 e. The average Bonchev–Trinajstić information content (AvgIpc) is 2.57. The maximum absolute atomic E-state index is 11.3. The molecule has 2 heterocycles. The molecule has 0 fully saturated rings. The van der Waals surface area contributed by atoms with Crippen molar-refractivity contribution in [1.29, 1.82) is 0 Å². The molecule has 0 radical (unpaired) electrons. The molecular formula is C10H10N2OS. The number of aromatic nitrogens is 2. The van der Waals surface area contributed by atoms with Gasteiger partial charge in [0.1, 0.15) is 5.69 Å². The van der Waals surface area contributed by atoms with Gasteiger partial charge in [0.25, 0.3) is 0 Å². The summed E-state index contributed by atoms with van der Waals surface area (Å²) in [5.74, 6) is 0. The molecule has 0 bridgehead atoms. The lowest BCUT2D eigenvalue weighted by Crippen LogP contribution is -2.30. The Morgan fingerprint density at radius 1 is 1.36 bits per heavy atom. The van der Waals surface area contributed by atoms with Crippen molar-refractivity contribution < 1.29 is 4.73 Å². The number of hydrogen-bond donors (Lipinski definition) is 0. The molecular weight excluding hydrogens is 196 g/mol. The van der Waals surface area contributed by atoms with E-state index in [-0.39, 0.29) is 0 Å². The first-order valence-corrected chi connectivity index (χ1v) is 5.11.